The van der Waals surface area contributed by atoms with E-state index in [-0.39, 0.29) is 11.6 Å². The number of hydrogen-bond acceptors (Lipinski definition) is 8. The summed E-state index contributed by atoms with van der Waals surface area (Å²) in [4.78, 5) is 11.0. The summed E-state index contributed by atoms with van der Waals surface area (Å²) in [6.07, 6.45) is 4.30. The number of rotatable bonds is 5. The fourth-order valence-corrected chi connectivity index (χ4v) is 5.32. The number of nitrogens with zero attached hydrogens (tertiary/aromatic N) is 4. The van der Waals surface area contributed by atoms with Gasteiger partial charge in [-0.15, -0.1) is 0 Å². The van der Waals surface area contributed by atoms with E-state index in [0.717, 1.165) is 28.4 Å². The first-order valence-electron chi connectivity index (χ1n) is 11.1. The van der Waals surface area contributed by atoms with Crippen molar-refractivity contribution in [2.24, 2.45) is 0 Å². The van der Waals surface area contributed by atoms with E-state index in [9.17, 15) is 13.7 Å². The number of aromatic nitrogens is 2. The number of methoxy groups -OCH3 is 1. The molecule has 184 valence electrons. The molecule has 0 spiro atoms. The molecule has 2 aromatic heterocycles. The molecule has 1 fully saturated rings. The van der Waals surface area contributed by atoms with E-state index in [1.165, 1.54) is 7.11 Å². The van der Waals surface area contributed by atoms with Crippen molar-refractivity contribution < 1.29 is 17.9 Å². The van der Waals surface area contributed by atoms with Crippen molar-refractivity contribution in [2.75, 3.05) is 36.1 Å². The summed E-state index contributed by atoms with van der Waals surface area (Å²) < 4.78 is 37.6. The van der Waals surface area contributed by atoms with Gasteiger partial charge in [0.1, 0.15) is 11.8 Å². The van der Waals surface area contributed by atoms with Gasteiger partial charge < -0.3 is 14.4 Å². The fraction of sp³-hybridized carbons (Fsp3) is 0.400. The van der Waals surface area contributed by atoms with E-state index in [4.69, 9.17) is 9.47 Å². The number of nitrogens with one attached hydrogen (secondary N) is 1. The number of sulfonamides is 1. The molecule has 3 aromatic rings. The highest BCUT2D eigenvalue weighted by atomic mass is 32.2. The van der Waals surface area contributed by atoms with Crippen molar-refractivity contribution in [3.63, 3.8) is 0 Å². The summed E-state index contributed by atoms with van der Waals surface area (Å²) >= 11 is 0. The summed E-state index contributed by atoms with van der Waals surface area (Å²) in [7, 11) is -2.10. The Labute approximate surface area is 205 Å². The normalized spacial score (nSPS) is 17.1. The van der Waals surface area contributed by atoms with Crippen molar-refractivity contribution in [3.05, 3.63) is 42.2 Å². The monoisotopic (exact) mass is 495 g/mol. The van der Waals surface area contributed by atoms with Crippen molar-refractivity contribution >= 4 is 32.3 Å². The summed E-state index contributed by atoms with van der Waals surface area (Å²) in [6.45, 7) is 9.40. The molecule has 35 heavy (non-hydrogen) atoms. The Balaban J connectivity index is 1.88. The molecule has 4 rings (SSSR count). The maximum atomic E-state index is 11.8. The van der Waals surface area contributed by atoms with Gasteiger partial charge in [-0.3, -0.25) is 9.71 Å². The summed E-state index contributed by atoms with van der Waals surface area (Å²) in [5, 5.41) is 10.7. The van der Waals surface area contributed by atoms with E-state index >= 15 is 0 Å². The zero-order valence-corrected chi connectivity index (χ0v) is 21.5. The Bertz CT molecular complexity index is 1430. The van der Waals surface area contributed by atoms with Gasteiger partial charge in [0.25, 0.3) is 0 Å². The van der Waals surface area contributed by atoms with Crippen molar-refractivity contribution in [1.29, 1.82) is 5.26 Å². The second-order valence-corrected chi connectivity index (χ2v) is 11.7. The molecule has 1 saturated heterocycles. The lowest BCUT2D eigenvalue weighted by atomic mass is 9.96. The SMILES string of the molecule is COc1ncc(-c2ccc3ncc(C#N)c(N4CC(C)(C)OC(C)(C)C4)c3c2)cc1NS(C)(=O)=O. The van der Waals surface area contributed by atoms with Crippen molar-refractivity contribution in [2.45, 2.75) is 38.9 Å². The van der Waals surface area contributed by atoms with Crippen LogP contribution in [0.5, 0.6) is 5.88 Å². The maximum Gasteiger partial charge on any atom is 0.238 e. The van der Waals surface area contributed by atoms with Crippen LogP contribution in [-0.2, 0) is 14.8 Å². The highest BCUT2D eigenvalue weighted by Gasteiger charge is 2.39. The number of morpholine rings is 1. The van der Waals surface area contributed by atoms with Crippen LogP contribution in [0, 0.1) is 11.3 Å². The van der Waals surface area contributed by atoms with Crippen LogP contribution in [0.3, 0.4) is 0 Å². The summed E-state index contributed by atoms with van der Waals surface area (Å²) in [5.41, 5.74) is 2.95. The molecule has 1 aromatic carbocycles. The number of hydrogen-bond donors (Lipinski definition) is 1. The molecule has 1 N–H and O–H groups in total. The van der Waals surface area contributed by atoms with Gasteiger partial charge in [0.2, 0.25) is 15.9 Å². The molecular formula is C25H29N5O4S. The maximum absolute atomic E-state index is 11.8. The van der Waals surface area contributed by atoms with E-state index in [0.29, 0.717) is 24.2 Å². The topological polar surface area (TPSA) is 117 Å². The van der Waals surface area contributed by atoms with Gasteiger partial charge >= 0.3 is 0 Å². The van der Waals surface area contributed by atoms with E-state index in [1.54, 1.807) is 18.5 Å². The van der Waals surface area contributed by atoms with Crippen molar-refractivity contribution in [1.82, 2.24) is 9.97 Å². The van der Waals surface area contributed by atoms with E-state index in [2.05, 4.69) is 25.7 Å². The zero-order chi connectivity index (χ0) is 25.6. The van der Waals surface area contributed by atoms with Crippen LogP contribution in [0.4, 0.5) is 11.4 Å². The second kappa shape index (κ2) is 8.66. The predicted octanol–water partition coefficient (Wildman–Crippen LogP) is 3.94. The van der Waals surface area contributed by atoms with Gasteiger partial charge in [0.15, 0.2) is 0 Å². The van der Waals surface area contributed by atoms with Gasteiger partial charge in [-0.1, -0.05) is 6.07 Å². The Kier molecular flexibility index (Phi) is 6.11. The molecule has 0 unspecified atom stereocenters. The molecule has 10 heteroatoms. The van der Waals surface area contributed by atoms with Gasteiger partial charge in [-0.25, -0.2) is 13.4 Å². The number of fused-ring (bicyclic) bond motifs is 1. The van der Waals surface area contributed by atoms with Gasteiger partial charge in [0.05, 0.1) is 41.3 Å². The number of ether oxygens (including phenoxy) is 2. The average Bonchev–Trinajstić information content (AvgIpc) is 2.74. The minimum Gasteiger partial charge on any atom is -0.480 e. The van der Waals surface area contributed by atoms with Crippen LogP contribution in [-0.4, -0.2) is 56.0 Å². The van der Waals surface area contributed by atoms with Crippen LogP contribution in [0.15, 0.2) is 36.7 Å². The third kappa shape index (κ3) is 5.31. The highest BCUT2D eigenvalue weighted by Crippen LogP contribution is 2.38. The quantitative estimate of drug-likeness (QED) is 0.566. The van der Waals surface area contributed by atoms with E-state index in [1.807, 2.05) is 45.9 Å². The standard InChI is InChI=1S/C25H29N5O4S/c1-24(2)14-30(15-25(3,4)34-24)22-18(11-26)13-27-20-8-7-16(9-19(20)22)17-10-21(29-35(6,31)32)23(33-5)28-12-17/h7-10,12-13,29H,14-15H2,1-6H3. The molecule has 0 aliphatic carbocycles. The third-order valence-corrected chi connectivity index (χ3v) is 6.24. The largest absolute Gasteiger partial charge is 0.480 e. The smallest absolute Gasteiger partial charge is 0.238 e. The third-order valence-electron chi connectivity index (χ3n) is 5.65. The van der Waals surface area contributed by atoms with Gasteiger partial charge in [-0.2, -0.15) is 5.26 Å². The molecule has 0 atom stereocenters. The average molecular weight is 496 g/mol. The first-order chi connectivity index (χ1) is 16.3. The lowest BCUT2D eigenvalue weighted by Crippen LogP contribution is -2.57. The summed E-state index contributed by atoms with van der Waals surface area (Å²) in [6, 6.07) is 9.72. The molecular weight excluding hydrogens is 466 g/mol. The molecule has 0 saturated carbocycles. The molecule has 0 amide bonds. The van der Waals surface area contributed by atoms with Crippen LogP contribution < -0.4 is 14.4 Å². The van der Waals surface area contributed by atoms with Crippen LogP contribution in [0.1, 0.15) is 33.3 Å². The van der Waals surface area contributed by atoms with Crippen LogP contribution in [0.2, 0.25) is 0 Å². The Morgan fingerprint density at radius 1 is 1.09 bits per heavy atom. The van der Waals surface area contributed by atoms with Crippen LogP contribution >= 0.6 is 0 Å². The molecule has 0 radical (unpaired) electrons. The van der Waals surface area contributed by atoms with Gasteiger partial charge in [0, 0.05) is 36.4 Å². The number of nitriles is 1. The molecule has 9 nitrogen and oxygen atoms in total. The highest BCUT2D eigenvalue weighted by molar-refractivity contribution is 7.92. The minimum atomic E-state index is -3.53. The summed E-state index contributed by atoms with van der Waals surface area (Å²) in [5.74, 6) is 0.173. The van der Waals surface area contributed by atoms with Gasteiger partial charge in [-0.05, 0) is 51.5 Å². The minimum absolute atomic E-state index is 0.173. The molecule has 3 heterocycles. The first-order valence-corrected chi connectivity index (χ1v) is 13.0. The van der Waals surface area contributed by atoms with Crippen molar-refractivity contribution in [3.8, 4) is 23.1 Å². The first kappa shape index (κ1) is 24.7. The number of pyridine rings is 2. The number of anilines is 2. The Hall–Kier alpha value is -3.42. The number of benzene rings is 1. The lowest BCUT2D eigenvalue weighted by molar-refractivity contribution is -0.133. The van der Waals surface area contributed by atoms with Crippen LogP contribution in [0.25, 0.3) is 22.0 Å². The Morgan fingerprint density at radius 3 is 2.37 bits per heavy atom. The Morgan fingerprint density at radius 2 is 1.77 bits per heavy atom. The lowest BCUT2D eigenvalue weighted by Gasteiger charge is -2.48. The molecule has 1 aliphatic rings. The molecule has 1 aliphatic heterocycles. The zero-order valence-electron chi connectivity index (χ0n) is 20.7. The fourth-order valence-electron chi connectivity index (χ4n) is 4.77. The second-order valence-electron chi connectivity index (χ2n) is 10.00. The van der Waals surface area contributed by atoms with E-state index < -0.39 is 21.2 Å². The predicted molar refractivity (Wildman–Crippen MR) is 136 cm³/mol. The molecule has 0 bridgehead atoms.